The van der Waals surface area contributed by atoms with E-state index in [-0.39, 0.29) is 23.7 Å². The third-order valence-corrected chi connectivity index (χ3v) is 7.79. The number of rotatable bonds is 6. The van der Waals surface area contributed by atoms with E-state index in [2.05, 4.69) is 36.2 Å². The molecule has 1 saturated heterocycles. The van der Waals surface area contributed by atoms with Crippen LogP contribution in [0.5, 0.6) is 5.75 Å². The number of anilines is 2. The number of phenols is 1. The molecule has 1 fully saturated rings. The van der Waals surface area contributed by atoms with Crippen molar-refractivity contribution in [2.75, 3.05) is 30.3 Å². The molecule has 11 nitrogen and oxygen atoms in total. The molecule has 11 heteroatoms. The third kappa shape index (κ3) is 4.94. The van der Waals surface area contributed by atoms with Gasteiger partial charge in [0.05, 0.1) is 29.8 Å². The first-order chi connectivity index (χ1) is 19.5. The molecule has 2 aliphatic rings. The Labute approximate surface area is 231 Å². The molecular weight excluding hydrogens is 508 g/mol. The van der Waals surface area contributed by atoms with Crippen LogP contribution in [-0.4, -0.2) is 60.7 Å². The minimum Gasteiger partial charge on any atom is -0.507 e. The minimum atomic E-state index is -0.109. The highest BCUT2D eigenvalue weighted by Crippen LogP contribution is 2.34. The lowest BCUT2D eigenvalue weighted by atomic mass is 9.87. The highest BCUT2D eigenvalue weighted by Gasteiger charge is 2.27. The largest absolute Gasteiger partial charge is 0.507 e. The first kappa shape index (κ1) is 25.7. The molecule has 1 aliphatic carbocycles. The number of nitrogen functional groups attached to an aromatic ring is 1. The molecule has 1 atom stereocenters. The van der Waals surface area contributed by atoms with Crippen LogP contribution in [0.4, 0.5) is 11.8 Å². The van der Waals surface area contributed by atoms with Gasteiger partial charge in [-0.1, -0.05) is 18.2 Å². The number of nitrogens with zero attached hydrogens (tertiary/aromatic N) is 7. The van der Waals surface area contributed by atoms with Gasteiger partial charge < -0.3 is 20.5 Å². The van der Waals surface area contributed by atoms with Crippen LogP contribution >= 0.6 is 0 Å². The summed E-state index contributed by atoms with van der Waals surface area (Å²) in [5.41, 5.74) is 10.9. The Morgan fingerprint density at radius 3 is 2.60 bits per heavy atom. The first-order valence-electron chi connectivity index (χ1n) is 13.7. The number of aromatic hydroxyl groups is 1. The molecule has 1 aromatic carbocycles. The maximum absolute atomic E-state index is 12.0. The Morgan fingerprint density at radius 2 is 1.90 bits per heavy atom. The number of piperidine rings is 1. The van der Waals surface area contributed by atoms with Gasteiger partial charge in [-0.2, -0.15) is 5.10 Å². The normalized spacial score (nSPS) is 18.1. The number of aromatic nitrogens is 6. The predicted octanol–water partition coefficient (Wildman–Crippen LogP) is 4.16. The summed E-state index contributed by atoms with van der Waals surface area (Å²) in [7, 11) is 0. The van der Waals surface area contributed by atoms with E-state index < -0.39 is 0 Å². The van der Waals surface area contributed by atoms with E-state index >= 15 is 0 Å². The van der Waals surface area contributed by atoms with E-state index in [0.29, 0.717) is 41.6 Å². The molecule has 4 aromatic rings. The van der Waals surface area contributed by atoms with Crippen molar-refractivity contribution in [3.63, 3.8) is 0 Å². The zero-order valence-electron chi connectivity index (χ0n) is 22.4. The van der Waals surface area contributed by atoms with Gasteiger partial charge in [-0.3, -0.25) is 9.48 Å². The summed E-state index contributed by atoms with van der Waals surface area (Å²) in [5, 5.41) is 23.5. The lowest BCUT2D eigenvalue weighted by Gasteiger charge is -2.32. The van der Waals surface area contributed by atoms with Gasteiger partial charge in [-0.25, -0.2) is 9.97 Å². The molecule has 0 radical (unpaired) electrons. The number of carbonyl (C=O) groups excluding carboxylic acids is 1. The summed E-state index contributed by atoms with van der Waals surface area (Å²) < 4.78 is 7.11. The lowest BCUT2D eigenvalue weighted by Crippen LogP contribution is -2.36. The number of esters is 1. The van der Waals surface area contributed by atoms with Crippen molar-refractivity contribution < 1.29 is 14.6 Å². The second kappa shape index (κ2) is 10.9. The molecule has 0 amide bonds. The fourth-order valence-corrected chi connectivity index (χ4v) is 5.59. The Morgan fingerprint density at radius 1 is 1.12 bits per heavy atom. The molecule has 4 heterocycles. The quantitative estimate of drug-likeness (QED) is 0.342. The molecule has 40 heavy (non-hydrogen) atoms. The molecule has 0 bridgehead atoms. The summed E-state index contributed by atoms with van der Waals surface area (Å²) >= 11 is 0. The van der Waals surface area contributed by atoms with E-state index in [4.69, 9.17) is 10.5 Å². The number of nitrogens with two attached hydrogens (primary N) is 1. The Hall–Kier alpha value is -4.54. The molecule has 1 aliphatic heterocycles. The average Bonchev–Trinajstić information content (AvgIpc) is 3.33. The number of para-hydroxylation sites is 1. The maximum Gasteiger partial charge on any atom is 0.309 e. The molecule has 3 N–H and O–H groups in total. The number of hydrogen-bond acceptors (Lipinski definition) is 10. The van der Waals surface area contributed by atoms with Crippen molar-refractivity contribution in [2.24, 2.45) is 5.92 Å². The van der Waals surface area contributed by atoms with Crippen molar-refractivity contribution in [2.45, 2.75) is 45.1 Å². The molecular formula is C29H32N8O3. The number of fused-ring (bicyclic) bond motifs is 1. The van der Waals surface area contributed by atoms with E-state index in [1.807, 2.05) is 42.2 Å². The van der Waals surface area contributed by atoms with Crippen molar-refractivity contribution in [1.82, 2.24) is 29.9 Å². The van der Waals surface area contributed by atoms with Crippen LogP contribution in [0.3, 0.4) is 0 Å². The molecule has 3 aromatic heterocycles. The van der Waals surface area contributed by atoms with Crippen LogP contribution in [0.15, 0.2) is 48.8 Å². The van der Waals surface area contributed by atoms with Crippen LogP contribution in [0.1, 0.15) is 50.6 Å². The fourth-order valence-electron chi connectivity index (χ4n) is 5.59. The zero-order valence-corrected chi connectivity index (χ0v) is 22.4. The number of phenolic OH excluding ortho intramolecular Hbond substituents is 1. The topological polar surface area (TPSA) is 145 Å². The smallest absolute Gasteiger partial charge is 0.309 e. The monoisotopic (exact) mass is 540 g/mol. The molecule has 0 saturated carbocycles. The van der Waals surface area contributed by atoms with Crippen molar-refractivity contribution in [3.05, 3.63) is 54.4 Å². The number of ether oxygens (including phenoxy) is 1. The Kier molecular flexibility index (Phi) is 7.02. The van der Waals surface area contributed by atoms with Gasteiger partial charge in [0.1, 0.15) is 5.75 Å². The van der Waals surface area contributed by atoms with Crippen LogP contribution in [0, 0.1) is 5.92 Å². The van der Waals surface area contributed by atoms with E-state index in [0.717, 1.165) is 49.9 Å². The fraction of sp³-hybridized carbons (Fsp3) is 0.379. The highest BCUT2D eigenvalue weighted by atomic mass is 16.5. The van der Waals surface area contributed by atoms with Crippen LogP contribution < -0.4 is 10.6 Å². The third-order valence-electron chi connectivity index (χ3n) is 7.79. The van der Waals surface area contributed by atoms with Gasteiger partial charge in [-0.15, -0.1) is 10.2 Å². The maximum atomic E-state index is 12.0. The van der Waals surface area contributed by atoms with Gasteiger partial charge in [-0.05, 0) is 62.8 Å². The van der Waals surface area contributed by atoms with Crippen molar-refractivity contribution in [3.8, 4) is 17.0 Å². The Bertz CT molecular complexity index is 1560. The first-order valence-corrected chi connectivity index (χ1v) is 13.7. The zero-order chi connectivity index (χ0) is 27.6. The summed E-state index contributed by atoms with van der Waals surface area (Å²) in [5.74, 6) is 1.04. The highest BCUT2D eigenvalue weighted by molar-refractivity contribution is 5.87. The van der Waals surface area contributed by atoms with E-state index in [1.54, 1.807) is 12.1 Å². The van der Waals surface area contributed by atoms with Gasteiger partial charge in [0.25, 0.3) is 0 Å². The number of benzene rings is 1. The summed E-state index contributed by atoms with van der Waals surface area (Å²) in [6.45, 7) is 3.81. The van der Waals surface area contributed by atoms with Crippen LogP contribution in [0.2, 0.25) is 0 Å². The van der Waals surface area contributed by atoms with Gasteiger partial charge in [0.15, 0.2) is 11.3 Å². The summed E-state index contributed by atoms with van der Waals surface area (Å²) in [4.78, 5) is 23.5. The molecule has 1 unspecified atom stereocenters. The van der Waals surface area contributed by atoms with E-state index in [9.17, 15) is 9.90 Å². The number of allylic oxidation sites excluding steroid dienone is 2. The van der Waals surface area contributed by atoms with E-state index in [1.165, 1.54) is 5.57 Å². The van der Waals surface area contributed by atoms with Gasteiger partial charge in [0.2, 0.25) is 5.95 Å². The summed E-state index contributed by atoms with van der Waals surface area (Å²) in [6, 6.07) is 9.09. The predicted molar refractivity (Wildman–Crippen MR) is 151 cm³/mol. The Balaban J connectivity index is 1.13. The molecule has 6 rings (SSSR count). The standard InChI is InChI=1S/C29H32N8O3/c1-2-40-28(39)19-9-7-18(8-10-19)20-16-31-29(32-17-20)36-13-11-21(12-14-36)37-24-15-23(22-5-3-4-6-25(22)38)33-34-26(24)27(30)35-37/h3-7,15-17,19,21,38H,2,8-14H2,1H3,(H2,30,35). The van der Waals surface area contributed by atoms with Gasteiger partial charge in [0, 0.05) is 36.6 Å². The number of hydrogen-bond donors (Lipinski definition) is 2. The van der Waals surface area contributed by atoms with Gasteiger partial charge >= 0.3 is 5.97 Å². The second-order valence-electron chi connectivity index (χ2n) is 10.3. The summed E-state index contributed by atoms with van der Waals surface area (Å²) in [6.07, 6.45) is 9.85. The van der Waals surface area contributed by atoms with Crippen LogP contribution in [-0.2, 0) is 9.53 Å². The molecule has 206 valence electrons. The van der Waals surface area contributed by atoms with Crippen molar-refractivity contribution in [1.29, 1.82) is 0 Å². The van der Waals surface area contributed by atoms with Crippen LogP contribution in [0.25, 0.3) is 27.9 Å². The number of carbonyl (C=O) groups is 1. The SMILES string of the molecule is CCOC(=O)C1CC=C(c2cnc(N3CCC(n4nc(N)c5nnc(-c6ccccc6O)cc54)CC3)nc2)CC1. The molecule has 0 spiro atoms. The average molecular weight is 541 g/mol. The van der Waals surface area contributed by atoms with Crippen molar-refractivity contribution >= 4 is 34.3 Å². The second-order valence-corrected chi connectivity index (χ2v) is 10.3. The lowest BCUT2D eigenvalue weighted by molar-refractivity contribution is -0.148. The minimum absolute atomic E-state index is 0.0587.